The van der Waals surface area contributed by atoms with Crippen molar-refractivity contribution in [2.24, 2.45) is 0 Å². The zero-order valence-corrected chi connectivity index (χ0v) is 18.4. The zero-order chi connectivity index (χ0) is 22.8. The molecule has 1 aliphatic heterocycles. The number of para-hydroxylation sites is 1. The van der Waals surface area contributed by atoms with Gasteiger partial charge in [-0.3, -0.25) is 9.59 Å². The summed E-state index contributed by atoms with van der Waals surface area (Å²) in [6.07, 6.45) is 0. The quantitative estimate of drug-likeness (QED) is 0.576. The Bertz CT molecular complexity index is 1230. The van der Waals surface area contributed by atoms with E-state index in [-0.39, 0.29) is 11.3 Å². The van der Waals surface area contributed by atoms with Crippen molar-refractivity contribution in [1.82, 2.24) is 0 Å². The Balaban J connectivity index is 1.87. The number of nitrogens with one attached hydrogen (secondary N) is 1. The fourth-order valence-electron chi connectivity index (χ4n) is 3.92. The monoisotopic (exact) mass is 428 g/mol. The standard InChI is InChI=1S/C26H24N2O4/c1-16-12-17(2)14-18(13-16)27-24-23(21-10-5-6-11-22(21)32-4)25(29)28(26(24)30)19-8-7-9-20(15-19)31-3/h5-15,27H,1-4H3. The Morgan fingerprint density at radius 1 is 0.781 bits per heavy atom. The van der Waals surface area contributed by atoms with Crippen LogP contribution in [0.3, 0.4) is 0 Å². The number of benzene rings is 3. The lowest BCUT2D eigenvalue weighted by Crippen LogP contribution is -2.32. The molecule has 1 heterocycles. The lowest BCUT2D eigenvalue weighted by molar-refractivity contribution is -0.120. The first kappa shape index (κ1) is 21.2. The molecule has 32 heavy (non-hydrogen) atoms. The average Bonchev–Trinajstić information content (AvgIpc) is 3.02. The number of hydrogen-bond donors (Lipinski definition) is 1. The molecule has 3 aromatic rings. The van der Waals surface area contributed by atoms with E-state index < -0.39 is 11.8 Å². The Hall–Kier alpha value is -4.06. The molecule has 0 aromatic heterocycles. The normalized spacial score (nSPS) is 13.6. The summed E-state index contributed by atoms with van der Waals surface area (Å²) in [5.74, 6) is 0.191. The van der Waals surface area contributed by atoms with Crippen molar-refractivity contribution in [3.8, 4) is 11.5 Å². The molecule has 1 aliphatic rings. The van der Waals surface area contributed by atoms with Crippen molar-refractivity contribution < 1.29 is 19.1 Å². The van der Waals surface area contributed by atoms with Crippen LogP contribution in [0.25, 0.3) is 5.57 Å². The van der Waals surface area contributed by atoms with Crippen LogP contribution >= 0.6 is 0 Å². The fraction of sp³-hybridized carbons (Fsp3) is 0.154. The van der Waals surface area contributed by atoms with Crippen LogP contribution in [-0.2, 0) is 9.59 Å². The molecule has 4 rings (SSSR count). The minimum absolute atomic E-state index is 0.201. The second-order valence-corrected chi connectivity index (χ2v) is 7.60. The molecule has 3 aromatic carbocycles. The van der Waals surface area contributed by atoms with E-state index in [1.165, 1.54) is 14.2 Å². The van der Waals surface area contributed by atoms with E-state index in [0.29, 0.717) is 22.7 Å². The van der Waals surface area contributed by atoms with Gasteiger partial charge in [0.2, 0.25) is 0 Å². The molecule has 0 atom stereocenters. The molecular weight excluding hydrogens is 404 g/mol. The number of imide groups is 1. The third kappa shape index (κ3) is 3.83. The van der Waals surface area contributed by atoms with Crippen LogP contribution in [0.5, 0.6) is 11.5 Å². The van der Waals surface area contributed by atoms with E-state index in [1.54, 1.807) is 36.4 Å². The molecule has 0 aliphatic carbocycles. The number of rotatable bonds is 6. The first-order valence-electron chi connectivity index (χ1n) is 10.2. The van der Waals surface area contributed by atoms with Gasteiger partial charge in [0.25, 0.3) is 11.8 Å². The highest BCUT2D eigenvalue weighted by Gasteiger charge is 2.41. The minimum Gasteiger partial charge on any atom is -0.497 e. The Labute approximate surface area is 187 Å². The van der Waals surface area contributed by atoms with Crippen LogP contribution in [0.1, 0.15) is 16.7 Å². The number of anilines is 2. The summed E-state index contributed by atoms with van der Waals surface area (Å²) >= 11 is 0. The highest BCUT2D eigenvalue weighted by Crippen LogP contribution is 2.38. The molecule has 0 saturated carbocycles. The Morgan fingerprint density at radius 2 is 1.50 bits per heavy atom. The molecule has 0 spiro atoms. The second kappa shape index (κ2) is 8.59. The molecule has 0 radical (unpaired) electrons. The van der Waals surface area contributed by atoms with Crippen molar-refractivity contribution in [3.63, 3.8) is 0 Å². The van der Waals surface area contributed by atoms with Gasteiger partial charge in [-0.15, -0.1) is 0 Å². The number of carbonyl (C=O) groups excluding carboxylic acids is 2. The molecule has 0 bridgehead atoms. The summed E-state index contributed by atoms with van der Waals surface area (Å²) in [7, 11) is 3.08. The molecule has 2 amide bonds. The molecule has 1 N–H and O–H groups in total. The van der Waals surface area contributed by atoms with E-state index in [2.05, 4.69) is 5.32 Å². The number of carbonyl (C=O) groups is 2. The van der Waals surface area contributed by atoms with Gasteiger partial charge in [-0.2, -0.15) is 0 Å². The van der Waals surface area contributed by atoms with E-state index in [9.17, 15) is 9.59 Å². The van der Waals surface area contributed by atoms with E-state index in [0.717, 1.165) is 21.7 Å². The predicted octanol–water partition coefficient (Wildman–Crippen LogP) is 4.72. The Kier molecular flexibility index (Phi) is 5.69. The number of ether oxygens (including phenoxy) is 2. The molecular formula is C26H24N2O4. The number of methoxy groups -OCH3 is 2. The summed E-state index contributed by atoms with van der Waals surface area (Å²) in [5, 5.41) is 3.21. The third-order valence-corrected chi connectivity index (χ3v) is 5.26. The van der Waals surface area contributed by atoms with Gasteiger partial charge in [0.05, 0.1) is 25.5 Å². The van der Waals surface area contributed by atoms with Gasteiger partial charge in [0.1, 0.15) is 17.2 Å². The van der Waals surface area contributed by atoms with Crippen molar-refractivity contribution in [2.75, 3.05) is 24.4 Å². The molecule has 0 unspecified atom stereocenters. The fourth-order valence-corrected chi connectivity index (χ4v) is 3.92. The molecule has 162 valence electrons. The van der Waals surface area contributed by atoms with Crippen LogP contribution in [0, 0.1) is 13.8 Å². The SMILES string of the molecule is COc1cccc(N2C(=O)C(Nc3cc(C)cc(C)c3)=C(c3ccccc3OC)C2=O)c1. The topological polar surface area (TPSA) is 67.9 Å². The Morgan fingerprint density at radius 3 is 2.19 bits per heavy atom. The summed E-state index contributed by atoms with van der Waals surface area (Å²) in [6, 6.07) is 20.0. The maximum Gasteiger partial charge on any atom is 0.282 e. The van der Waals surface area contributed by atoms with Gasteiger partial charge in [-0.05, 0) is 55.3 Å². The van der Waals surface area contributed by atoms with Crippen LogP contribution in [0.15, 0.2) is 72.4 Å². The van der Waals surface area contributed by atoms with E-state index >= 15 is 0 Å². The number of aryl methyl sites for hydroxylation is 2. The third-order valence-electron chi connectivity index (χ3n) is 5.26. The highest BCUT2D eigenvalue weighted by molar-refractivity contribution is 6.46. The predicted molar refractivity (Wildman–Crippen MR) is 125 cm³/mol. The summed E-state index contributed by atoms with van der Waals surface area (Å²) < 4.78 is 10.8. The summed E-state index contributed by atoms with van der Waals surface area (Å²) in [6.45, 7) is 3.97. The van der Waals surface area contributed by atoms with Gasteiger partial charge in [0.15, 0.2) is 0 Å². The van der Waals surface area contributed by atoms with E-state index in [4.69, 9.17) is 9.47 Å². The molecule has 6 nitrogen and oxygen atoms in total. The van der Waals surface area contributed by atoms with Crippen molar-refractivity contribution >= 4 is 28.8 Å². The van der Waals surface area contributed by atoms with Crippen LogP contribution < -0.4 is 19.7 Å². The second-order valence-electron chi connectivity index (χ2n) is 7.60. The van der Waals surface area contributed by atoms with Gasteiger partial charge >= 0.3 is 0 Å². The molecule has 0 saturated heterocycles. The number of amides is 2. The van der Waals surface area contributed by atoms with Gasteiger partial charge in [-0.1, -0.05) is 30.3 Å². The van der Waals surface area contributed by atoms with Gasteiger partial charge in [0, 0.05) is 17.3 Å². The summed E-state index contributed by atoms with van der Waals surface area (Å²) in [4.78, 5) is 28.4. The van der Waals surface area contributed by atoms with Crippen LogP contribution in [0.2, 0.25) is 0 Å². The lowest BCUT2D eigenvalue weighted by atomic mass is 10.0. The van der Waals surface area contributed by atoms with Gasteiger partial charge < -0.3 is 14.8 Å². The zero-order valence-electron chi connectivity index (χ0n) is 18.4. The van der Waals surface area contributed by atoms with Crippen molar-refractivity contribution in [1.29, 1.82) is 0 Å². The smallest absolute Gasteiger partial charge is 0.282 e. The lowest BCUT2D eigenvalue weighted by Gasteiger charge is -2.16. The van der Waals surface area contributed by atoms with Gasteiger partial charge in [-0.25, -0.2) is 4.90 Å². The number of hydrogen-bond acceptors (Lipinski definition) is 5. The van der Waals surface area contributed by atoms with Crippen LogP contribution in [-0.4, -0.2) is 26.0 Å². The van der Waals surface area contributed by atoms with E-state index in [1.807, 2.05) is 44.2 Å². The van der Waals surface area contributed by atoms with Crippen molar-refractivity contribution in [2.45, 2.75) is 13.8 Å². The minimum atomic E-state index is -0.441. The van der Waals surface area contributed by atoms with Crippen LogP contribution in [0.4, 0.5) is 11.4 Å². The van der Waals surface area contributed by atoms with Crippen molar-refractivity contribution in [3.05, 3.63) is 89.1 Å². The highest BCUT2D eigenvalue weighted by atomic mass is 16.5. The maximum absolute atomic E-state index is 13.6. The first-order valence-corrected chi connectivity index (χ1v) is 10.2. The molecule has 6 heteroatoms. The number of nitrogens with zero attached hydrogens (tertiary/aromatic N) is 1. The maximum atomic E-state index is 13.6. The molecule has 0 fully saturated rings. The first-order chi connectivity index (χ1) is 15.4. The summed E-state index contributed by atoms with van der Waals surface area (Å²) in [5.41, 5.74) is 4.27. The largest absolute Gasteiger partial charge is 0.497 e. The average molecular weight is 428 g/mol.